The molecule has 0 bridgehead atoms. The summed E-state index contributed by atoms with van der Waals surface area (Å²) in [6, 6.07) is 4.97. The minimum atomic E-state index is -1.30. The van der Waals surface area contributed by atoms with Gasteiger partial charge in [0.1, 0.15) is 24.8 Å². The molecule has 0 unspecified atom stereocenters. The van der Waals surface area contributed by atoms with Crippen LogP contribution in [0, 0.1) is 11.6 Å². The average Bonchev–Trinajstić information content (AvgIpc) is 2.53. The first-order chi connectivity index (χ1) is 11.5. The zero-order valence-electron chi connectivity index (χ0n) is 12.1. The minimum Gasteiger partial charge on any atom is -0.486 e. The van der Waals surface area contributed by atoms with Gasteiger partial charge in [-0.2, -0.15) is 0 Å². The summed E-state index contributed by atoms with van der Waals surface area (Å²) in [6.45, 7) is 0.554. The Balaban J connectivity index is 1.96. The lowest BCUT2D eigenvalue weighted by molar-refractivity contribution is 0.0697. The molecule has 1 aliphatic rings. The van der Waals surface area contributed by atoms with Crippen molar-refractivity contribution in [1.29, 1.82) is 0 Å². The topological polar surface area (TPSA) is 84.9 Å². The normalized spacial score (nSPS) is 12.6. The highest BCUT2D eigenvalue weighted by Crippen LogP contribution is 2.36. The summed E-state index contributed by atoms with van der Waals surface area (Å²) in [6.07, 6.45) is 0. The highest BCUT2D eigenvalue weighted by Gasteiger charge is 2.22. The van der Waals surface area contributed by atoms with Gasteiger partial charge < -0.3 is 19.9 Å². The molecule has 0 atom stereocenters. The van der Waals surface area contributed by atoms with Crippen LogP contribution in [0.4, 0.5) is 14.5 Å². The number of hydrogen-bond donors (Lipinski definition) is 2. The number of nitrogens with one attached hydrogen (secondary N) is 1. The SMILES string of the molecule is O=C(Nc1cc2c(cc1C(=O)O)OCCO2)c1ccc(F)cc1F. The van der Waals surface area contributed by atoms with E-state index in [0.29, 0.717) is 6.07 Å². The molecule has 2 aromatic rings. The van der Waals surface area contributed by atoms with Crippen LogP contribution in [-0.4, -0.2) is 30.2 Å². The minimum absolute atomic E-state index is 0.0829. The maximum absolute atomic E-state index is 13.7. The van der Waals surface area contributed by atoms with E-state index in [4.69, 9.17) is 9.47 Å². The summed E-state index contributed by atoms with van der Waals surface area (Å²) in [7, 11) is 0. The van der Waals surface area contributed by atoms with Crippen molar-refractivity contribution < 1.29 is 33.0 Å². The first-order valence-corrected chi connectivity index (χ1v) is 6.89. The second-order valence-electron chi connectivity index (χ2n) is 4.92. The molecule has 8 heteroatoms. The van der Waals surface area contributed by atoms with E-state index in [-0.39, 0.29) is 36.0 Å². The average molecular weight is 335 g/mol. The second-order valence-corrected chi connectivity index (χ2v) is 4.92. The molecule has 1 heterocycles. The number of carbonyl (C=O) groups is 2. The number of rotatable bonds is 3. The van der Waals surface area contributed by atoms with Crippen LogP contribution in [0.25, 0.3) is 0 Å². The van der Waals surface area contributed by atoms with E-state index in [9.17, 15) is 23.5 Å². The first kappa shape index (κ1) is 15.7. The number of anilines is 1. The van der Waals surface area contributed by atoms with Gasteiger partial charge in [-0.25, -0.2) is 13.6 Å². The highest BCUT2D eigenvalue weighted by molar-refractivity contribution is 6.08. The second kappa shape index (κ2) is 6.15. The van der Waals surface area contributed by atoms with Crippen molar-refractivity contribution in [3.63, 3.8) is 0 Å². The van der Waals surface area contributed by atoms with E-state index in [0.717, 1.165) is 12.1 Å². The summed E-state index contributed by atoms with van der Waals surface area (Å²) in [5, 5.41) is 11.6. The molecule has 6 nitrogen and oxygen atoms in total. The molecule has 0 aliphatic carbocycles. The Bertz CT molecular complexity index is 837. The van der Waals surface area contributed by atoms with Gasteiger partial charge in [0, 0.05) is 18.2 Å². The standard InChI is InChI=1S/C16H11F2NO5/c17-8-1-2-9(11(18)5-8)15(20)19-12-7-14-13(23-3-4-24-14)6-10(12)16(21)22/h1-2,5-7H,3-4H2,(H,19,20)(H,21,22). The van der Waals surface area contributed by atoms with E-state index < -0.39 is 29.1 Å². The quantitative estimate of drug-likeness (QED) is 0.901. The van der Waals surface area contributed by atoms with Crippen LogP contribution in [-0.2, 0) is 0 Å². The highest BCUT2D eigenvalue weighted by atomic mass is 19.1. The van der Waals surface area contributed by atoms with Crippen molar-refractivity contribution >= 4 is 17.6 Å². The van der Waals surface area contributed by atoms with Crippen LogP contribution < -0.4 is 14.8 Å². The van der Waals surface area contributed by atoms with Gasteiger partial charge in [-0.1, -0.05) is 0 Å². The Hall–Kier alpha value is -3.16. The van der Waals surface area contributed by atoms with Gasteiger partial charge in [0.2, 0.25) is 0 Å². The fourth-order valence-corrected chi connectivity index (χ4v) is 2.23. The van der Waals surface area contributed by atoms with Crippen molar-refractivity contribution in [1.82, 2.24) is 0 Å². The molecule has 2 aromatic carbocycles. The molecule has 0 spiro atoms. The van der Waals surface area contributed by atoms with Crippen molar-refractivity contribution in [3.8, 4) is 11.5 Å². The lowest BCUT2D eigenvalue weighted by Gasteiger charge is -2.20. The Labute approximate surface area is 134 Å². The molecule has 0 radical (unpaired) electrons. The molecule has 1 amide bonds. The summed E-state index contributed by atoms with van der Waals surface area (Å²) in [4.78, 5) is 23.5. The summed E-state index contributed by atoms with van der Waals surface area (Å²) >= 11 is 0. The number of ether oxygens (including phenoxy) is 2. The number of carbonyl (C=O) groups excluding carboxylic acids is 1. The smallest absolute Gasteiger partial charge is 0.337 e. The maximum Gasteiger partial charge on any atom is 0.337 e. The third-order valence-corrected chi connectivity index (χ3v) is 3.34. The monoisotopic (exact) mass is 335 g/mol. The molecule has 0 fully saturated rings. The zero-order valence-corrected chi connectivity index (χ0v) is 12.1. The number of benzene rings is 2. The Morgan fingerprint density at radius 1 is 1.00 bits per heavy atom. The third-order valence-electron chi connectivity index (χ3n) is 3.34. The van der Waals surface area contributed by atoms with Gasteiger partial charge in [-0.3, -0.25) is 4.79 Å². The predicted molar refractivity (Wildman–Crippen MR) is 78.7 cm³/mol. The number of fused-ring (bicyclic) bond motifs is 1. The van der Waals surface area contributed by atoms with E-state index in [1.165, 1.54) is 12.1 Å². The van der Waals surface area contributed by atoms with E-state index in [1.807, 2.05) is 0 Å². The third kappa shape index (κ3) is 2.98. The fraction of sp³-hybridized carbons (Fsp3) is 0.125. The van der Waals surface area contributed by atoms with Gasteiger partial charge in [0.15, 0.2) is 11.5 Å². The van der Waals surface area contributed by atoms with Crippen LogP contribution in [0.15, 0.2) is 30.3 Å². The van der Waals surface area contributed by atoms with Gasteiger partial charge in [0.05, 0.1) is 16.8 Å². The number of hydrogen-bond acceptors (Lipinski definition) is 4. The van der Waals surface area contributed by atoms with Crippen molar-refractivity contribution in [2.24, 2.45) is 0 Å². The van der Waals surface area contributed by atoms with Crippen molar-refractivity contribution in [2.45, 2.75) is 0 Å². The van der Waals surface area contributed by atoms with E-state index >= 15 is 0 Å². The van der Waals surface area contributed by atoms with Crippen LogP contribution in [0.3, 0.4) is 0 Å². The Morgan fingerprint density at radius 2 is 1.67 bits per heavy atom. The van der Waals surface area contributed by atoms with E-state index in [1.54, 1.807) is 0 Å². The van der Waals surface area contributed by atoms with E-state index in [2.05, 4.69) is 5.32 Å². The number of amides is 1. The summed E-state index contributed by atoms with van der Waals surface area (Å²) < 4.78 is 37.2. The van der Waals surface area contributed by atoms with Gasteiger partial charge >= 0.3 is 5.97 Å². The van der Waals surface area contributed by atoms with Gasteiger partial charge in [-0.05, 0) is 12.1 Å². The lowest BCUT2D eigenvalue weighted by Crippen LogP contribution is -2.19. The molecule has 0 aromatic heterocycles. The number of aromatic carboxylic acids is 1. The van der Waals surface area contributed by atoms with Crippen LogP contribution in [0.2, 0.25) is 0 Å². The molecule has 0 saturated carbocycles. The zero-order chi connectivity index (χ0) is 17.3. The Morgan fingerprint density at radius 3 is 2.29 bits per heavy atom. The largest absolute Gasteiger partial charge is 0.486 e. The molecule has 124 valence electrons. The van der Waals surface area contributed by atoms with Crippen LogP contribution >= 0.6 is 0 Å². The Kier molecular flexibility index (Phi) is 4.03. The number of carboxylic acid groups (broad SMARTS) is 1. The predicted octanol–water partition coefficient (Wildman–Crippen LogP) is 2.69. The molecule has 1 aliphatic heterocycles. The molecular formula is C16H11F2NO5. The van der Waals surface area contributed by atoms with Gasteiger partial charge in [0.25, 0.3) is 5.91 Å². The number of carboxylic acids is 1. The van der Waals surface area contributed by atoms with Crippen molar-refractivity contribution in [3.05, 3.63) is 53.1 Å². The maximum atomic E-state index is 13.7. The van der Waals surface area contributed by atoms with Crippen molar-refractivity contribution in [2.75, 3.05) is 18.5 Å². The first-order valence-electron chi connectivity index (χ1n) is 6.89. The molecule has 3 rings (SSSR count). The lowest BCUT2D eigenvalue weighted by atomic mass is 10.1. The molecule has 2 N–H and O–H groups in total. The molecular weight excluding hydrogens is 324 g/mol. The van der Waals surface area contributed by atoms with Crippen LogP contribution in [0.5, 0.6) is 11.5 Å². The summed E-state index contributed by atoms with van der Waals surface area (Å²) in [5.74, 6) is -3.59. The number of halogens is 2. The molecule has 0 saturated heterocycles. The van der Waals surface area contributed by atoms with Crippen LogP contribution in [0.1, 0.15) is 20.7 Å². The molecule has 24 heavy (non-hydrogen) atoms. The fourth-order valence-electron chi connectivity index (χ4n) is 2.23. The van der Waals surface area contributed by atoms with Gasteiger partial charge in [-0.15, -0.1) is 0 Å². The summed E-state index contributed by atoms with van der Waals surface area (Å²) in [5.41, 5.74) is -0.738.